The molecule has 0 spiro atoms. The largest absolute Gasteiger partial charge is 0.321 e. The second-order valence-electron chi connectivity index (χ2n) is 5.83. The Morgan fingerprint density at radius 1 is 1.12 bits per heavy atom. The molecule has 2 unspecified atom stereocenters. The first-order chi connectivity index (χ1) is 8.19. The summed E-state index contributed by atoms with van der Waals surface area (Å²) in [6.45, 7) is 0. The highest BCUT2D eigenvalue weighted by atomic mass is 35.5. The van der Waals surface area contributed by atoms with Gasteiger partial charge in [0, 0.05) is 10.6 Å². The summed E-state index contributed by atoms with van der Waals surface area (Å²) in [7, 11) is 0. The van der Waals surface area contributed by atoms with Crippen molar-refractivity contribution in [2.24, 2.45) is 17.6 Å². The summed E-state index contributed by atoms with van der Waals surface area (Å²) in [4.78, 5) is 0. The summed E-state index contributed by atoms with van der Waals surface area (Å²) >= 11 is 6.31. The van der Waals surface area contributed by atoms with Crippen LogP contribution in [-0.4, -0.2) is 0 Å². The van der Waals surface area contributed by atoms with Crippen molar-refractivity contribution in [2.45, 2.75) is 44.1 Å². The maximum Gasteiger partial charge on any atom is 0.0456 e. The molecule has 1 aromatic carbocycles. The molecule has 0 amide bonds. The quantitative estimate of drug-likeness (QED) is 0.839. The third kappa shape index (κ3) is 2.23. The molecule has 2 aliphatic rings. The Morgan fingerprint density at radius 2 is 1.88 bits per heavy atom. The third-order valence-corrected chi connectivity index (χ3v) is 4.85. The molecule has 2 fully saturated rings. The Labute approximate surface area is 108 Å². The standard InChI is InChI=1S/C15H20ClN/c16-14-6-2-1-5-13(14)15(17)9-3-4-12(10-15)11-7-8-11/h1-2,5-6,11-12H,3-4,7-10,17H2. The van der Waals surface area contributed by atoms with Crippen molar-refractivity contribution in [2.75, 3.05) is 0 Å². The highest BCUT2D eigenvalue weighted by Gasteiger charge is 2.41. The van der Waals surface area contributed by atoms with Crippen LogP contribution >= 0.6 is 11.6 Å². The predicted molar refractivity (Wildman–Crippen MR) is 72.0 cm³/mol. The summed E-state index contributed by atoms with van der Waals surface area (Å²) in [5.41, 5.74) is 7.64. The molecule has 2 atom stereocenters. The van der Waals surface area contributed by atoms with Gasteiger partial charge in [0.25, 0.3) is 0 Å². The summed E-state index contributed by atoms with van der Waals surface area (Å²) < 4.78 is 0. The average molecular weight is 250 g/mol. The van der Waals surface area contributed by atoms with E-state index < -0.39 is 0 Å². The van der Waals surface area contributed by atoms with Gasteiger partial charge in [0.2, 0.25) is 0 Å². The molecule has 1 nitrogen and oxygen atoms in total. The summed E-state index contributed by atoms with van der Waals surface area (Å²) in [6, 6.07) is 8.11. The van der Waals surface area contributed by atoms with Gasteiger partial charge >= 0.3 is 0 Å². The van der Waals surface area contributed by atoms with Crippen LogP contribution in [-0.2, 0) is 5.54 Å². The minimum atomic E-state index is -0.177. The van der Waals surface area contributed by atoms with Gasteiger partial charge in [-0.15, -0.1) is 0 Å². The molecule has 2 aliphatic carbocycles. The number of halogens is 1. The minimum Gasteiger partial charge on any atom is -0.321 e. The summed E-state index contributed by atoms with van der Waals surface area (Å²) in [6.07, 6.45) is 7.67. The van der Waals surface area contributed by atoms with E-state index in [9.17, 15) is 0 Å². The van der Waals surface area contributed by atoms with Gasteiger partial charge in [0.15, 0.2) is 0 Å². The normalized spacial score (nSPS) is 33.6. The molecule has 0 aliphatic heterocycles. The lowest BCUT2D eigenvalue weighted by Crippen LogP contribution is -2.42. The van der Waals surface area contributed by atoms with Gasteiger partial charge in [-0.3, -0.25) is 0 Å². The minimum absolute atomic E-state index is 0.177. The highest BCUT2D eigenvalue weighted by molar-refractivity contribution is 6.31. The van der Waals surface area contributed by atoms with Crippen molar-refractivity contribution in [1.29, 1.82) is 0 Å². The van der Waals surface area contributed by atoms with Gasteiger partial charge in [-0.1, -0.05) is 42.6 Å². The van der Waals surface area contributed by atoms with Crippen LogP contribution in [0.5, 0.6) is 0 Å². The second-order valence-corrected chi connectivity index (χ2v) is 6.24. The van der Waals surface area contributed by atoms with Gasteiger partial charge in [0.05, 0.1) is 0 Å². The van der Waals surface area contributed by atoms with E-state index in [1.807, 2.05) is 12.1 Å². The van der Waals surface area contributed by atoms with Crippen molar-refractivity contribution < 1.29 is 0 Å². The number of benzene rings is 1. The van der Waals surface area contributed by atoms with Gasteiger partial charge in [-0.25, -0.2) is 0 Å². The first-order valence-corrected chi connectivity index (χ1v) is 7.11. The lowest BCUT2D eigenvalue weighted by Gasteiger charge is -2.39. The zero-order valence-electron chi connectivity index (χ0n) is 10.2. The second kappa shape index (κ2) is 4.29. The third-order valence-electron chi connectivity index (χ3n) is 4.52. The van der Waals surface area contributed by atoms with Gasteiger partial charge in [-0.05, 0) is 49.1 Å². The van der Waals surface area contributed by atoms with Crippen LogP contribution in [0.25, 0.3) is 0 Å². The van der Waals surface area contributed by atoms with Gasteiger partial charge < -0.3 is 5.73 Å². The number of hydrogen-bond donors (Lipinski definition) is 1. The van der Waals surface area contributed by atoms with Crippen molar-refractivity contribution in [3.8, 4) is 0 Å². The van der Waals surface area contributed by atoms with E-state index >= 15 is 0 Å². The Kier molecular flexibility index (Phi) is 2.92. The fraction of sp³-hybridized carbons (Fsp3) is 0.600. The Morgan fingerprint density at radius 3 is 2.59 bits per heavy atom. The van der Waals surface area contributed by atoms with Crippen LogP contribution in [0.2, 0.25) is 5.02 Å². The maximum absolute atomic E-state index is 6.65. The molecular weight excluding hydrogens is 230 g/mol. The van der Waals surface area contributed by atoms with Crippen molar-refractivity contribution in [3.05, 3.63) is 34.9 Å². The van der Waals surface area contributed by atoms with Crippen LogP contribution < -0.4 is 5.73 Å². The number of rotatable bonds is 2. The van der Waals surface area contributed by atoms with E-state index in [0.717, 1.165) is 35.3 Å². The highest BCUT2D eigenvalue weighted by Crippen LogP contribution is 2.49. The number of hydrogen-bond acceptors (Lipinski definition) is 1. The van der Waals surface area contributed by atoms with Crippen molar-refractivity contribution >= 4 is 11.6 Å². The van der Waals surface area contributed by atoms with Crippen molar-refractivity contribution in [3.63, 3.8) is 0 Å². The topological polar surface area (TPSA) is 26.0 Å². The van der Waals surface area contributed by atoms with Crippen LogP contribution in [0.4, 0.5) is 0 Å². The summed E-state index contributed by atoms with van der Waals surface area (Å²) in [5, 5.41) is 0.839. The molecule has 17 heavy (non-hydrogen) atoms. The van der Waals surface area contributed by atoms with Crippen LogP contribution in [0.3, 0.4) is 0 Å². The van der Waals surface area contributed by atoms with Crippen molar-refractivity contribution in [1.82, 2.24) is 0 Å². The molecule has 0 radical (unpaired) electrons. The Bertz CT molecular complexity index is 413. The molecule has 3 rings (SSSR count). The van der Waals surface area contributed by atoms with E-state index in [1.54, 1.807) is 0 Å². The molecule has 0 heterocycles. The first kappa shape index (κ1) is 11.6. The number of nitrogens with two attached hydrogens (primary N) is 1. The summed E-state index contributed by atoms with van der Waals surface area (Å²) in [5.74, 6) is 1.80. The van der Waals surface area contributed by atoms with Crippen LogP contribution in [0.1, 0.15) is 44.1 Å². The molecule has 0 aromatic heterocycles. The monoisotopic (exact) mass is 249 g/mol. The molecule has 1 aromatic rings. The molecule has 92 valence electrons. The molecule has 0 saturated heterocycles. The Hall–Kier alpha value is -0.530. The van der Waals surface area contributed by atoms with E-state index in [4.69, 9.17) is 17.3 Å². The molecule has 2 saturated carbocycles. The average Bonchev–Trinajstić information content (AvgIpc) is 3.13. The van der Waals surface area contributed by atoms with Gasteiger partial charge in [0.1, 0.15) is 0 Å². The van der Waals surface area contributed by atoms with E-state index in [0.29, 0.717) is 0 Å². The first-order valence-electron chi connectivity index (χ1n) is 6.73. The van der Waals surface area contributed by atoms with Gasteiger partial charge in [-0.2, -0.15) is 0 Å². The lowest BCUT2D eigenvalue weighted by atomic mass is 9.71. The maximum atomic E-state index is 6.65. The zero-order valence-corrected chi connectivity index (χ0v) is 10.9. The molecular formula is C15H20ClN. The zero-order chi connectivity index (χ0) is 11.9. The molecule has 2 heteroatoms. The predicted octanol–water partition coefficient (Wildman–Crippen LogP) is 4.09. The smallest absolute Gasteiger partial charge is 0.0456 e. The fourth-order valence-corrected chi connectivity index (χ4v) is 3.76. The van der Waals surface area contributed by atoms with E-state index in [2.05, 4.69) is 12.1 Å². The van der Waals surface area contributed by atoms with E-state index in [-0.39, 0.29) is 5.54 Å². The van der Waals surface area contributed by atoms with Crippen LogP contribution in [0.15, 0.2) is 24.3 Å². The molecule has 0 bridgehead atoms. The van der Waals surface area contributed by atoms with Crippen LogP contribution in [0, 0.1) is 11.8 Å². The fourth-order valence-electron chi connectivity index (χ4n) is 3.43. The Balaban J connectivity index is 1.86. The lowest BCUT2D eigenvalue weighted by molar-refractivity contribution is 0.207. The van der Waals surface area contributed by atoms with E-state index in [1.165, 1.54) is 25.7 Å². The SMILES string of the molecule is NC1(c2ccccc2Cl)CCCC(C2CC2)C1. The molecule has 2 N–H and O–H groups in total.